The first-order valence-corrected chi connectivity index (χ1v) is 10.6. The van der Waals surface area contributed by atoms with Crippen molar-refractivity contribution >= 4 is 23.2 Å². The standard InChI is InChI=1S/C22H28N2O2S/c1-3-16(2)23-22(26)18-11-12-20(17-8-5-4-6-9-17)24(15-18)21(25)14-19-10-7-13-27-19/h4-10,13,16,18,20H,3,11-12,14-15H2,1-2H3,(H,23,26)/t16-,18-,20+/m0/s1. The van der Waals surface area contributed by atoms with Crippen molar-refractivity contribution in [3.63, 3.8) is 0 Å². The van der Waals surface area contributed by atoms with E-state index in [1.54, 1.807) is 11.3 Å². The Morgan fingerprint density at radius 3 is 2.63 bits per heavy atom. The van der Waals surface area contributed by atoms with Gasteiger partial charge in [-0.3, -0.25) is 9.59 Å². The van der Waals surface area contributed by atoms with E-state index < -0.39 is 0 Å². The van der Waals surface area contributed by atoms with Crippen LogP contribution in [-0.4, -0.2) is 29.3 Å². The van der Waals surface area contributed by atoms with Gasteiger partial charge in [0.05, 0.1) is 18.4 Å². The number of benzene rings is 1. The molecular formula is C22H28N2O2S. The van der Waals surface area contributed by atoms with Gasteiger partial charge in [-0.05, 0) is 43.2 Å². The van der Waals surface area contributed by atoms with E-state index in [2.05, 4.69) is 24.4 Å². The number of carbonyl (C=O) groups is 2. The number of thiophene rings is 1. The predicted octanol–water partition coefficient (Wildman–Crippen LogP) is 4.19. The van der Waals surface area contributed by atoms with Crippen LogP contribution >= 0.6 is 11.3 Å². The zero-order valence-electron chi connectivity index (χ0n) is 16.1. The fraction of sp³-hybridized carbons (Fsp3) is 0.455. The number of hydrogen-bond acceptors (Lipinski definition) is 3. The summed E-state index contributed by atoms with van der Waals surface area (Å²) in [5.41, 5.74) is 1.15. The van der Waals surface area contributed by atoms with Gasteiger partial charge in [-0.2, -0.15) is 0 Å². The van der Waals surface area contributed by atoms with Crippen LogP contribution in [-0.2, 0) is 16.0 Å². The average Bonchev–Trinajstić information content (AvgIpc) is 3.21. The maximum atomic E-state index is 13.1. The van der Waals surface area contributed by atoms with Crippen LogP contribution in [0.15, 0.2) is 47.8 Å². The van der Waals surface area contributed by atoms with Gasteiger partial charge in [-0.1, -0.05) is 43.3 Å². The third-order valence-electron chi connectivity index (χ3n) is 5.36. The molecule has 0 unspecified atom stereocenters. The molecular weight excluding hydrogens is 356 g/mol. The number of piperidine rings is 1. The monoisotopic (exact) mass is 384 g/mol. The molecule has 0 radical (unpaired) electrons. The second-order valence-corrected chi connectivity index (χ2v) is 8.35. The number of nitrogens with one attached hydrogen (secondary N) is 1. The molecule has 0 bridgehead atoms. The fourth-order valence-corrected chi connectivity index (χ4v) is 4.30. The van der Waals surface area contributed by atoms with Crippen LogP contribution < -0.4 is 5.32 Å². The van der Waals surface area contributed by atoms with Crippen molar-refractivity contribution < 1.29 is 9.59 Å². The Hall–Kier alpha value is -2.14. The zero-order chi connectivity index (χ0) is 19.2. The first kappa shape index (κ1) is 19.6. The lowest BCUT2D eigenvalue weighted by atomic mass is 9.88. The molecule has 2 aromatic rings. The van der Waals surface area contributed by atoms with Crippen molar-refractivity contribution in [1.82, 2.24) is 10.2 Å². The minimum Gasteiger partial charge on any atom is -0.353 e. The molecule has 144 valence electrons. The Kier molecular flexibility index (Phi) is 6.67. The lowest BCUT2D eigenvalue weighted by molar-refractivity contribution is -0.138. The van der Waals surface area contributed by atoms with Gasteiger partial charge in [0.2, 0.25) is 11.8 Å². The minimum atomic E-state index is -0.133. The maximum Gasteiger partial charge on any atom is 0.228 e. The second-order valence-electron chi connectivity index (χ2n) is 7.32. The van der Waals surface area contributed by atoms with Crippen molar-refractivity contribution in [3.05, 3.63) is 58.3 Å². The first-order chi connectivity index (χ1) is 13.1. The quantitative estimate of drug-likeness (QED) is 0.812. The van der Waals surface area contributed by atoms with Gasteiger partial charge < -0.3 is 10.2 Å². The molecule has 1 fully saturated rings. The van der Waals surface area contributed by atoms with Gasteiger partial charge in [0.25, 0.3) is 0 Å². The molecule has 1 aromatic heterocycles. The molecule has 2 amide bonds. The Morgan fingerprint density at radius 1 is 1.19 bits per heavy atom. The number of nitrogens with zero attached hydrogens (tertiary/aromatic N) is 1. The highest BCUT2D eigenvalue weighted by Crippen LogP contribution is 2.34. The maximum absolute atomic E-state index is 13.1. The summed E-state index contributed by atoms with van der Waals surface area (Å²) < 4.78 is 0. The predicted molar refractivity (Wildman–Crippen MR) is 110 cm³/mol. The van der Waals surface area contributed by atoms with E-state index in [1.165, 1.54) is 0 Å². The molecule has 0 saturated carbocycles. The Labute approximate surface area is 165 Å². The van der Waals surface area contributed by atoms with Gasteiger partial charge in [-0.25, -0.2) is 0 Å². The summed E-state index contributed by atoms with van der Waals surface area (Å²) in [6, 6.07) is 14.4. The summed E-state index contributed by atoms with van der Waals surface area (Å²) >= 11 is 1.60. The van der Waals surface area contributed by atoms with Crippen LogP contribution in [0.2, 0.25) is 0 Å². The van der Waals surface area contributed by atoms with Crippen LogP contribution in [0.25, 0.3) is 0 Å². The third-order valence-corrected chi connectivity index (χ3v) is 6.24. The van der Waals surface area contributed by atoms with E-state index >= 15 is 0 Å². The summed E-state index contributed by atoms with van der Waals surface area (Å²) in [4.78, 5) is 28.7. The number of likely N-dealkylation sites (tertiary alicyclic amines) is 1. The number of rotatable bonds is 6. The van der Waals surface area contributed by atoms with Gasteiger partial charge in [0, 0.05) is 17.5 Å². The van der Waals surface area contributed by atoms with E-state index in [9.17, 15) is 9.59 Å². The topological polar surface area (TPSA) is 49.4 Å². The van der Waals surface area contributed by atoms with Crippen LogP contribution in [0.5, 0.6) is 0 Å². The SMILES string of the molecule is CC[C@H](C)NC(=O)[C@H]1CC[C@H](c2ccccc2)N(C(=O)Cc2cccs2)C1. The van der Waals surface area contributed by atoms with Gasteiger partial charge >= 0.3 is 0 Å². The third kappa shape index (κ3) is 4.98. The molecule has 4 nitrogen and oxygen atoms in total. The molecule has 1 aromatic carbocycles. The summed E-state index contributed by atoms with van der Waals surface area (Å²) in [7, 11) is 0. The summed E-state index contributed by atoms with van der Waals surface area (Å²) in [6.45, 7) is 4.58. The molecule has 3 rings (SSSR count). The number of amides is 2. The summed E-state index contributed by atoms with van der Waals surface area (Å²) in [5.74, 6) is 0.0448. The van der Waals surface area contributed by atoms with Crippen LogP contribution in [0.1, 0.15) is 49.6 Å². The molecule has 27 heavy (non-hydrogen) atoms. The average molecular weight is 385 g/mol. The highest BCUT2D eigenvalue weighted by atomic mass is 32.1. The zero-order valence-corrected chi connectivity index (χ0v) is 16.9. The Balaban J connectivity index is 1.77. The molecule has 1 N–H and O–H groups in total. The van der Waals surface area contributed by atoms with E-state index in [4.69, 9.17) is 0 Å². The molecule has 0 aliphatic carbocycles. The number of hydrogen-bond donors (Lipinski definition) is 1. The first-order valence-electron chi connectivity index (χ1n) is 9.75. The molecule has 1 saturated heterocycles. The highest BCUT2D eigenvalue weighted by molar-refractivity contribution is 7.10. The summed E-state index contributed by atoms with van der Waals surface area (Å²) in [5, 5.41) is 5.08. The van der Waals surface area contributed by atoms with Gasteiger partial charge in [0.1, 0.15) is 0 Å². The van der Waals surface area contributed by atoms with Crippen molar-refractivity contribution in [2.75, 3.05) is 6.54 Å². The molecule has 1 aliphatic rings. The summed E-state index contributed by atoms with van der Waals surface area (Å²) in [6.07, 6.45) is 2.94. The van der Waals surface area contributed by atoms with E-state index in [1.807, 2.05) is 47.5 Å². The van der Waals surface area contributed by atoms with Crippen molar-refractivity contribution in [2.45, 2.75) is 51.6 Å². The van der Waals surface area contributed by atoms with Crippen molar-refractivity contribution in [2.24, 2.45) is 5.92 Å². The van der Waals surface area contributed by atoms with Gasteiger partial charge in [-0.15, -0.1) is 11.3 Å². The molecule has 5 heteroatoms. The largest absolute Gasteiger partial charge is 0.353 e. The lowest BCUT2D eigenvalue weighted by Gasteiger charge is -2.40. The van der Waals surface area contributed by atoms with E-state index in [0.29, 0.717) is 13.0 Å². The smallest absolute Gasteiger partial charge is 0.228 e. The second kappa shape index (κ2) is 9.18. The normalized spacial score (nSPS) is 20.9. The van der Waals surface area contributed by atoms with E-state index in [-0.39, 0.29) is 29.8 Å². The molecule has 3 atom stereocenters. The van der Waals surface area contributed by atoms with E-state index in [0.717, 1.165) is 29.7 Å². The highest BCUT2D eigenvalue weighted by Gasteiger charge is 2.35. The molecule has 1 aliphatic heterocycles. The van der Waals surface area contributed by atoms with Crippen LogP contribution in [0, 0.1) is 5.92 Å². The van der Waals surface area contributed by atoms with Crippen molar-refractivity contribution in [3.8, 4) is 0 Å². The lowest BCUT2D eigenvalue weighted by Crippen LogP contribution is -2.48. The fourth-order valence-electron chi connectivity index (χ4n) is 3.61. The van der Waals surface area contributed by atoms with Crippen LogP contribution in [0.4, 0.5) is 0 Å². The Bertz CT molecular complexity index is 745. The minimum absolute atomic E-state index is 0.0475. The number of carbonyl (C=O) groups excluding carboxylic acids is 2. The van der Waals surface area contributed by atoms with Gasteiger partial charge in [0.15, 0.2) is 0 Å². The Morgan fingerprint density at radius 2 is 1.96 bits per heavy atom. The van der Waals surface area contributed by atoms with Crippen molar-refractivity contribution in [1.29, 1.82) is 0 Å². The molecule has 0 spiro atoms. The molecule has 2 heterocycles. The van der Waals surface area contributed by atoms with Crippen LogP contribution in [0.3, 0.4) is 0 Å².